The van der Waals surface area contributed by atoms with Crippen LogP contribution in [0, 0.1) is 0 Å². The van der Waals surface area contributed by atoms with Crippen LogP contribution in [0.3, 0.4) is 0 Å². The van der Waals surface area contributed by atoms with E-state index in [1.165, 1.54) is 33.5 Å². The van der Waals surface area contributed by atoms with Crippen molar-refractivity contribution in [1.29, 1.82) is 0 Å². The molecule has 1 unspecified atom stereocenters. The van der Waals surface area contributed by atoms with Crippen LogP contribution < -0.4 is 0 Å². The van der Waals surface area contributed by atoms with E-state index in [0.717, 1.165) is 19.3 Å². The quantitative estimate of drug-likeness (QED) is 0.627. The Morgan fingerprint density at radius 3 is 2.24 bits per heavy atom. The zero-order valence-corrected chi connectivity index (χ0v) is 20.6. The van der Waals surface area contributed by atoms with Crippen LogP contribution in [-0.4, -0.2) is 63.9 Å². The molecule has 0 spiro atoms. The number of amides is 1. The number of rotatable bonds is 4. The van der Waals surface area contributed by atoms with Crippen molar-refractivity contribution in [3.05, 3.63) is 64.7 Å². The predicted molar refractivity (Wildman–Crippen MR) is 128 cm³/mol. The standard InChI is InChI=1S/C23H27ClN2O5S2/c24-21-7-3-2-6-20(21)22-12-15-25(16-17-32(22,28)29)23(27)18-8-10-19(11-9-18)33(30,31)26-13-4-1-5-14-26/h2-3,6-11,22H,1,4-5,12-17H2. The molecule has 1 atom stereocenters. The summed E-state index contributed by atoms with van der Waals surface area (Å²) in [6, 6.07) is 12.8. The molecule has 2 heterocycles. The van der Waals surface area contributed by atoms with Crippen LogP contribution in [0.5, 0.6) is 0 Å². The van der Waals surface area contributed by atoms with E-state index >= 15 is 0 Å². The Morgan fingerprint density at radius 2 is 1.58 bits per heavy atom. The van der Waals surface area contributed by atoms with Crippen molar-refractivity contribution in [3.63, 3.8) is 0 Å². The second-order valence-corrected chi connectivity index (χ2v) is 13.1. The van der Waals surface area contributed by atoms with Crippen LogP contribution in [0.2, 0.25) is 5.02 Å². The summed E-state index contributed by atoms with van der Waals surface area (Å²) in [6.45, 7) is 1.37. The summed E-state index contributed by atoms with van der Waals surface area (Å²) in [5.41, 5.74) is 0.891. The summed E-state index contributed by atoms with van der Waals surface area (Å²) >= 11 is 6.24. The second-order valence-electron chi connectivity index (χ2n) is 8.45. The Labute approximate surface area is 200 Å². The van der Waals surface area contributed by atoms with E-state index in [4.69, 9.17) is 11.6 Å². The Hall–Kier alpha value is -1.94. The molecule has 2 aromatic carbocycles. The van der Waals surface area contributed by atoms with Gasteiger partial charge in [0.2, 0.25) is 10.0 Å². The molecule has 10 heteroatoms. The van der Waals surface area contributed by atoms with Crippen LogP contribution in [-0.2, 0) is 19.9 Å². The minimum atomic E-state index is -3.58. The topological polar surface area (TPSA) is 91.8 Å². The fraction of sp³-hybridized carbons (Fsp3) is 0.435. The summed E-state index contributed by atoms with van der Waals surface area (Å²) in [5.74, 6) is -0.470. The van der Waals surface area contributed by atoms with Gasteiger partial charge in [0, 0.05) is 36.8 Å². The van der Waals surface area contributed by atoms with E-state index < -0.39 is 25.1 Å². The van der Waals surface area contributed by atoms with Gasteiger partial charge in [-0.1, -0.05) is 36.2 Å². The van der Waals surface area contributed by atoms with E-state index in [2.05, 4.69) is 0 Å². The molecule has 178 valence electrons. The van der Waals surface area contributed by atoms with Gasteiger partial charge in [0.15, 0.2) is 9.84 Å². The maximum absolute atomic E-state index is 13.1. The van der Waals surface area contributed by atoms with Crippen molar-refractivity contribution < 1.29 is 21.6 Å². The van der Waals surface area contributed by atoms with E-state index in [1.54, 1.807) is 24.3 Å². The lowest BCUT2D eigenvalue weighted by atomic mass is 10.1. The summed E-state index contributed by atoms with van der Waals surface area (Å²) in [6.07, 6.45) is 2.98. The van der Waals surface area contributed by atoms with Gasteiger partial charge in [0.05, 0.1) is 15.9 Å². The van der Waals surface area contributed by atoms with Crippen molar-refractivity contribution in [2.45, 2.75) is 35.8 Å². The zero-order chi connectivity index (χ0) is 23.6. The van der Waals surface area contributed by atoms with Gasteiger partial charge in [-0.3, -0.25) is 4.79 Å². The highest BCUT2D eigenvalue weighted by molar-refractivity contribution is 7.91. The lowest BCUT2D eigenvalue weighted by molar-refractivity contribution is 0.0766. The molecule has 4 rings (SSSR count). The number of hydrogen-bond donors (Lipinski definition) is 0. The zero-order valence-electron chi connectivity index (χ0n) is 18.2. The molecule has 0 saturated carbocycles. The number of nitrogens with zero attached hydrogens (tertiary/aromatic N) is 2. The molecule has 2 aliphatic heterocycles. The number of piperidine rings is 1. The molecule has 2 aromatic rings. The first-order chi connectivity index (χ1) is 15.7. The van der Waals surface area contributed by atoms with Crippen molar-refractivity contribution in [1.82, 2.24) is 9.21 Å². The second kappa shape index (κ2) is 9.74. The molecule has 2 fully saturated rings. The SMILES string of the molecule is O=C(c1ccc(S(=O)(=O)N2CCCCC2)cc1)N1CCC(c2ccccc2Cl)S(=O)(=O)CC1. The number of hydrogen-bond acceptors (Lipinski definition) is 5. The summed E-state index contributed by atoms with van der Waals surface area (Å²) in [4.78, 5) is 14.8. The van der Waals surface area contributed by atoms with Crippen LogP contribution in [0.1, 0.15) is 46.9 Å². The first-order valence-corrected chi connectivity index (χ1v) is 14.6. The largest absolute Gasteiger partial charge is 0.338 e. The highest BCUT2D eigenvalue weighted by atomic mass is 35.5. The molecule has 0 aliphatic carbocycles. The summed E-state index contributed by atoms with van der Waals surface area (Å²) in [5, 5.41) is -0.364. The van der Waals surface area contributed by atoms with Crippen LogP contribution in [0.25, 0.3) is 0 Å². The van der Waals surface area contributed by atoms with Crippen LogP contribution >= 0.6 is 11.6 Å². The van der Waals surface area contributed by atoms with E-state index in [0.29, 0.717) is 29.2 Å². The van der Waals surface area contributed by atoms with Gasteiger partial charge in [0.1, 0.15) is 0 Å². The molecule has 0 radical (unpaired) electrons. The van der Waals surface area contributed by atoms with Gasteiger partial charge in [-0.2, -0.15) is 4.31 Å². The molecule has 0 N–H and O–H groups in total. The average molecular weight is 511 g/mol. The van der Waals surface area contributed by atoms with Gasteiger partial charge in [-0.05, 0) is 55.2 Å². The number of benzene rings is 2. The summed E-state index contributed by atoms with van der Waals surface area (Å²) in [7, 11) is -7.06. The normalized spacial score (nSPS) is 22.0. The fourth-order valence-electron chi connectivity index (χ4n) is 4.44. The number of sulfone groups is 1. The first-order valence-electron chi connectivity index (χ1n) is 11.1. The van der Waals surface area contributed by atoms with Crippen molar-refractivity contribution in [2.75, 3.05) is 31.9 Å². The van der Waals surface area contributed by atoms with Gasteiger partial charge < -0.3 is 4.90 Å². The number of sulfonamides is 1. The average Bonchev–Trinajstić information content (AvgIpc) is 2.97. The highest BCUT2D eigenvalue weighted by Crippen LogP contribution is 2.34. The van der Waals surface area contributed by atoms with E-state index in [-0.39, 0.29) is 36.1 Å². The first kappa shape index (κ1) is 24.2. The Morgan fingerprint density at radius 1 is 0.909 bits per heavy atom. The molecule has 0 bridgehead atoms. The monoisotopic (exact) mass is 510 g/mol. The van der Waals surface area contributed by atoms with Crippen LogP contribution in [0.4, 0.5) is 0 Å². The van der Waals surface area contributed by atoms with Crippen molar-refractivity contribution in [3.8, 4) is 0 Å². The molecule has 1 amide bonds. The number of carbonyl (C=O) groups excluding carboxylic acids is 1. The van der Waals surface area contributed by atoms with Gasteiger partial charge in [0.25, 0.3) is 5.91 Å². The van der Waals surface area contributed by atoms with Crippen molar-refractivity contribution >= 4 is 37.4 Å². The maximum Gasteiger partial charge on any atom is 0.253 e. The lowest BCUT2D eigenvalue weighted by Gasteiger charge is -2.26. The maximum atomic E-state index is 13.1. The molecule has 7 nitrogen and oxygen atoms in total. The van der Waals surface area contributed by atoms with E-state index in [1.807, 2.05) is 0 Å². The molecule has 0 aromatic heterocycles. The van der Waals surface area contributed by atoms with E-state index in [9.17, 15) is 21.6 Å². The number of halogens is 1. The van der Waals surface area contributed by atoms with Gasteiger partial charge in [-0.25, -0.2) is 16.8 Å². The summed E-state index contributed by atoms with van der Waals surface area (Å²) < 4.78 is 53.0. The Balaban J connectivity index is 1.50. The minimum absolute atomic E-state index is 0.0793. The minimum Gasteiger partial charge on any atom is -0.338 e. The fourth-order valence-corrected chi connectivity index (χ4v) is 8.10. The highest BCUT2D eigenvalue weighted by Gasteiger charge is 2.34. The van der Waals surface area contributed by atoms with Crippen LogP contribution in [0.15, 0.2) is 53.4 Å². The van der Waals surface area contributed by atoms with Crippen molar-refractivity contribution in [2.24, 2.45) is 0 Å². The predicted octanol–water partition coefficient (Wildman–Crippen LogP) is 3.52. The molecular weight excluding hydrogens is 484 g/mol. The third-order valence-corrected chi connectivity index (χ3v) is 10.7. The third kappa shape index (κ3) is 5.11. The molecular formula is C23H27ClN2O5S2. The third-order valence-electron chi connectivity index (χ3n) is 6.33. The number of carbonyl (C=O) groups is 1. The lowest BCUT2D eigenvalue weighted by Crippen LogP contribution is -2.35. The Bertz CT molecular complexity index is 1220. The van der Waals surface area contributed by atoms with Gasteiger partial charge >= 0.3 is 0 Å². The molecule has 2 saturated heterocycles. The smallest absolute Gasteiger partial charge is 0.253 e. The molecule has 2 aliphatic rings. The molecule has 33 heavy (non-hydrogen) atoms. The Kier molecular flexibility index (Phi) is 7.14. The van der Waals surface area contributed by atoms with Gasteiger partial charge in [-0.15, -0.1) is 0 Å².